The average Bonchev–Trinajstić information content (AvgIpc) is 2.78. The molecule has 5 nitrogen and oxygen atoms in total. The molecule has 6 heteroatoms. The number of aromatic nitrogens is 4. The van der Waals surface area contributed by atoms with E-state index in [1.54, 1.807) is 11.3 Å². The zero-order valence-electron chi connectivity index (χ0n) is 11.1. The van der Waals surface area contributed by atoms with Gasteiger partial charge in [-0.05, 0) is 19.9 Å². The van der Waals surface area contributed by atoms with Gasteiger partial charge in [0.1, 0.15) is 10.0 Å². The molecule has 0 aliphatic heterocycles. The van der Waals surface area contributed by atoms with Crippen LogP contribution < -0.4 is 5.32 Å². The van der Waals surface area contributed by atoms with Crippen LogP contribution in [0.25, 0.3) is 10.6 Å². The monoisotopic (exact) mass is 263 g/mol. The SMILES string of the molecule is Cc1cc(-c2nnc(CNC(C)C)s2)c(C)nn1. The van der Waals surface area contributed by atoms with Crippen molar-refractivity contribution in [2.45, 2.75) is 40.3 Å². The van der Waals surface area contributed by atoms with E-state index in [1.165, 1.54) is 0 Å². The molecular formula is C12H17N5S. The molecule has 2 aromatic rings. The van der Waals surface area contributed by atoms with Crippen LogP contribution >= 0.6 is 11.3 Å². The maximum Gasteiger partial charge on any atom is 0.149 e. The van der Waals surface area contributed by atoms with Crippen molar-refractivity contribution in [2.75, 3.05) is 0 Å². The Morgan fingerprint density at radius 2 is 1.94 bits per heavy atom. The minimum atomic E-state index is 0.448. The topological polar surface area (TPSA) is 63.6 Å². The third-order valence-corrected chi connectivity index (χ3v) is 3.42. The van der Waals surface area contributed by atoms with Crippen molar-refractivity contribution in [2.24, 2.45) is 0 Å². The van der Waals surface area contributed by atoms with Gasteiger partial charge in [-0.2, -0.15) is 10.2 Å². The fraction of sp³-hybridized carbons (Fsp3) is 0.500. The van der Waals surface area contributed by atoms with Gasteiger partial charge in [-0.1, -0.05) is 25.2 Å². The predicted octanol–water partition coefficient (Wildman–Crippen LogP) is 2.11. The predicted molar refractivity (Wildman–Crippen MR) is 72.4 cm³/mol. The summed E-state index contributed by atoms with van der Waals surface area (Å²) in [7, 11) is 0. The van der Waals surface area contributed by atoms with E-state index in [-0.39, 0.29) is 0 Å². The zero-order valence-corrected chi connectivity index (χ0v) is 11.9. The highest BCUT2D eigenvalue weighted by Gasteiger charge is 2.11. The van der Waals surface area contributed by atoms with E-state index in [9.17, 15) is 0 Å². The smallest absolute Gasteiger partial charge is 0.149 e. The van der Waals surface area contributed by atoms with Gasteiger partial charge in [0, 0.05) is 18.2 Å². The van der Waals surface area contributed by atoms with E-state index in [0.29, 0.717) is 6.04 Å². The lowest BCUT2D eigenvalue weighted by Crippen LogP contribution is -2.21. The Labute approximate surface area is 111 Å². The van der Waals surface area contributed by atoms with Crippen LogP contribution in [0.2, 0.25) is 0 Å². The molecule has 0 bridgehead atoms. The Morgan fingerprint density at radius 3 is 2.67 bits per heavy atom. The highest BCUT2D eigenvalue weighted by Crippen LogP contribution is 2.25. The first kappa shape index (κ1) is 13.0. The van der Waals surface area contributed by atoms with E-state index >= 15 is 0 Å². The Hall–Kier alpha value is -1.40. The summed E-state index contributed by atoms with van der Waals surface area (Å²) in [6.45, 7) is 8.85. The van der Waals surface area contributed by atoms with Gasteiger partial charge in [0.25, 0.3) is 0 Å². The maximum atomic E-state index is 4.23. The van der Waals surface area contributed by atoms with Crippen molar-refractivity contribution in [1.29, 1.82) is 0 Å². The minimum absolute atomic E-state index is 0.448. The van der Waals surface area contributed by atoms with E-state index < -0.39 is 0 Å². The Balaban J connectivity index is 2.21. The van der Waals surface area contributed by atoms with Crippen LogP contribution in [-0.4, -0.2) is 26.4 Å². The molecule has 2 aromatic heterocycles. The third kappa shape index (κ3) is 3.08. The number of rotatable bonds is 4. The minimum Gasteiger partial charge on any atom is -0.308 e. The average molecular weight is 263 g/mol. The van der Waals surface area contributed by atoms with Gasteiger partial charge in [0.05, 0.1) is 11.4 Å². The first-order valence-corrected chi connectivity index (χ1v) is 6.75. The van der Waals surface area contributed by atoms with Crippen molar-refractivity contribution >= 4 is 11.3 Å². The van der Waals surface area contributed by atoms with Crippen molar-refractivity contribution in [3.63, 3.8) is 0 Å². The van der Waals surface area contributed by atoms with Gasteiger partial charge in [-0.25, -0.2) is 0 Å². The molecule has 0 radical (unpaired) electrons. The second-order valence-corrected chi connectivity index (χ2v) is 5.58. The number of hydrogen-bond donors (Lipinski definition) is 1. The van der Waals surface area contributed by atoms with Crippen LogP contribution in [0.5, 0.6) is 0 Å². The molecule has 0 atom stereocenters. The number of nitrogens with one attached hydrogen (secondary N) is 1. The van der Waals surface area contributed by atoms with E-state index in [1.807, 2.05) is 19.9 Å². The van der Waals surface area contributed by atoms with Gasteiger partial charge >= 0.3 is 0 Å². The molecule has 96 valence electrons. The van der Waals surface area contributed by atoms with Crippen molar-refractivity contribution < 1.29 is 0 Å². The van der Waals surface area contributed by atoms with Gasteiger partial charge < -0.3 is 5.32 Å². The highest BCUT2D eigenvalue weighted by molar-refractivity contribution is 7.14. The summed E-state index contributed by atoms with van der Waals surface area (Å²) in [5.41, 5.74) is 2.81. The molecule has 18 heavy (non-hydrogen) atoms. The summed E-state index contributed by atoms with van der Waals surface area (Å²) >= 11 is 1.60. The summed E-state index contributed by atoms with van der Waals surface area (Å²) < 4.78 is 0. The summed E-state index contributed by atoms with van der Waals surface area (Å²) in [4.78, 5) is 0. The largest absolute Gasteiger partial charge is 0.308 e. The standard InChI is InChI=1S/C12H17N5S/c1-7(2)13-6-11-16-17-12(18-11)10-5-8(3)14-15-9(10)4/h5,7,13H,6H2,1-4H3. The van der Waals surface area contributed by atoms with E-state index in [2.05, 4.69) is 39.6 Å². The second-order valence-electron chi connectivity index (χ2n) is 4.52. The summed E-state index contributed by atoms with van der Waals surface area (Å²) in [6, 6.07) is 2.45. The molecular weight excluding hydrogens is 246 g/mol. The van der Waals surface area contributed by atoms with Crippen LogP contribution in [0.15, 0.2) is 6.07 Å². The first-order chi connectivity index (χ1) is 8.56. The number of nitrogens with zero attached hydrogens (tertiary/aromatic N) is 4. The van der Waals surface area contributed by atoms with Crippen LogP contribution in [0.3, 0.4) is 0 Å². The molecule has 0 aliphatic carbocycles. The molecule has 0 aromatic carbocycles. The number of hydrogen-bond acceptors (Lipinski definition) is 6. The fourth-order valence-electron chi connectivity index (χ4n) is 1.49. The maximum absolute atomic E-state index is 4.23. The number of aryl methyl sites for hydroxylation is 2. The second kappa shape index (κ2) is 5.49. The quantitative estimate of drug-likeness (QED) is 0.915. The Kier molecular flexibility index (Phi) is 3.98. The van der Waals surface area contributed by atoms with Crippen LogP contribution in [-0.2, 0) is 6.54 Å². The zero-order chi connectivity index (χ0) is 13.1. The lowest BCUT2D eigenvalue weighted by Gasteiger charge is -2.03. The summed E-state index contributed by atoms with van der Waals surface area (Å²) in [6.07, 6.45) is 0. The molecule has 0 spiro atoms. The normalized spacial score (nSPS) is 11.2. The Morgan fingerprint density at radius 1 is 1.17 bits per heavy atom. The van der Waals surface area contributed by atoms with E-state index in [4.69, 9.17) is 0 Å². The van der Waals surface area contributed by atoms with Gasteiger partial charge in [-0.15, -0.1) is 10.2 Å². The van der Waals surface area contributed by atoms with Crippen LogP contribution in [0.4, 0.5) is 0 Å². The van der Waals surface area contributed by atoms with Crippen molar-refractivity contribution in [1.82, 2.24) is 25.7 Å². The highest BCUT2D eigenvalue weighted by atomic mass is 32.1. The molecule has 0 saturated carbocycles. The molecule has 0 amide bonds. The summed E-state index contributed by atoms with van der Waals surface area (Å²) in [5.74, 6) is 0. The molecule has 2 rings (SSSR count). The molecule has 2 heterocycles. The van der Waals surface area contributed by atoms with Gasteiger partial charge in [0.2, 0.25) is 0 Å². The van der Waals surface area contributed by atoms with Gasteiger partial charge in [0.15, 0.2) is 0 Å². The van der Waals surface area contributed by atoms with Crippen LogP contribution in [0, 0.1) is 13.8 Å². The third-order valence-electron chi connectivity index (χ3n) is 2.46. The fourth-order valence-corrected chi connectivity index (χ4v) is 2.35. The molecule has 0 unspecified atom stereocenters. The summed E-state index contributed by atoms with van der Waals surface area (Å²) in [5, 5.41) is 21.8. The van der Waals surface area contributed by atoms with E-state index in [0.717, 1.165) is 33.5 Å². The van der Waals surface area contributed by atoms with Crippen molar-refractivity contribution in [3.05, 3.63) is 22.5 Å². The molecule has 1 N–H and O–H groups in total. The molecule has 0 saturated heterocycles. The Bertz CT molecular complexity index is 535. The molecule has 0 fully saturated rings. The van der Waals surface area contributed by atoms with Crippen LogP contribution in [0.1, 0.15) is 30.2 Å². The van der Waals surface area contributed by atoms with Crippen molar-refractivity contribution in [3.8, 4) is 10.6 Å². The lowest BCUT2D eigenvalue weighted by molar-refractivity contribution is 0.585. The lowest BCUT2D eigenvalue weighted by atomic mass is 10.2. The molecule has 0 aliphatic rings. The first-order valence-electron chi connectivity index (χ1n) is 5.93. The van der Waals surface area contributed by atoms with Gasteiger partial charge in [-0.3, -0.25) is 0 Å².